The second-order valence-corrected chi connectivity index (χ2v) is 23.3. The van der Waals surface area contributed by atoms with E-state index in [2.05, 4.69) is 20.6 Å². The van der Waals surface area contributed by atoms with E-state index in [1.54, 1.807) is 136 Å². The van der Waals surface area contributed by atoms with Crippen LogP contribution in [0.5, 0.6) is 0 Å². The van der Waals surface area contributed by atoms with Gasteiger partial charge in [0.25, 0.3) is 0 Å². The minimum atomic E-state index is -1.54. The smallest absolute Gasteiger partial charge is 0.437 e. The molecule has 7 amide bonds. The molecule has 0 saturated heterocycles. The van der Waals surface area contributed by atoms with E-state index in [1.165, 1.54) is 11.3 Å². The first-order chi connectivity index (χ1) is 32.6. The summed E-state index contributed by atoms with van der Waals surface area (Å²) in [5, 5.41) is 25.3. The monoisotopic (exact) mass is 1040 g/mol. The van der Waals surface area contributed by atoms with E-state index in [1.807, 2.05) is 0 Å². The van der Waals surface area contributed by atoms with Gasteiger partial charge < -0.3 is 38.3 Å². The SMILES string of the molecule is CC(C)(C)OC(=O)N=C(NC(=O)OC(C)(C)C)N(CCCCCCCN(C(=O)O)C(=NC(=O)OC(C)(C)C)N(CCOCc1cc(C(=N)NC(=O)OC(C)(C)C)cs1)C(=O)OC(C)(C)C)C(=O)OC(C)(C)C. The Bertz CT molecular complexity index is 2100. The number of aliphatic imine (C=N–C) groups is 2. The van der Waals surface area contributed by atoms with Crippen molar-refractivity contribution in [1.82, 2.24) is 25.3 Å². The zero-order valence-electron chi connectivity index (χ0n) is 45.5. The van der Waals surface area contributed by atoms with Crippen LogP contribution in [0.25, 0.3) is 0 Å². The lowest BCUT2D eigenvalue weighted by molar-refractivity contribution is 0.0277. The lowest BCUT2D eigenvalue weighted by atomic mass is 10.1. The molecule has 0 aliphatic heterocycles. The van der Waals surface area contributed by atoms with Gasteiger partial charge in [0.2, 0.25) is 11.9 Å². The molecule has 23 nitrogen and oxygen atoms in total. The highest BCUT2D eigenvalue weighted by Crippen LogP contribution is 2.20. The standard InChI is InChI=1S/C48H80N8O15S/c1-43(2,3)66-36(57)50-33(49)31-28-32(72-30-31)29-65-27-26-56(42(64)71-48(16,17)18)35(53-39(60)69-46(10,11)12)55(40(61)62)25-23-21-19-20-22-24-54(41(63)70-47(13,14)15)34(51-37(58)67-44(4,5)6)52-38(59)68-45(7,8)9/h28,30H,19-27,29H2,1-18H3,(H,61,62)(H2,49,50,57)(H,51,52,58,59). The van der Waals surface area contributed by atoms with Crippen LogP contribution in [-0.2, 0) is 39.8 Å². The first-order valence-corrected chi connectivity index (χ1v) is 24.4. The van der Waals surface area contributed by atoms with Gasteiger partial charge in [-0.1, -0.05) is 19.3 Å². The fourth-order valence-corrected chi connectivity index (χ4v) is 6.30. The number of carboxylic acid groups (broad SMARTS) is 1. The van der Waals surface area contributed by atoms with E-state index in [9.17, 15) is 38.7 Å². The molecule has 0 aliphatic rings. The number of amidine groups is 1. The maximum atomic E-state index is 13.9. The molecule has 0 aliphatic carbocycles. The van der Waals surface area contributed by atoms with Gasteiger partial charge in [-0.3, -0.25) is 16.0 Å². The molecular formula is C48H80N8O15S. The predicted molar refractivity (Wildman–Crippen MR) is 271 cm³/mol. The second kappa shape index (κ2) is 27.1. The highest BCUT2D eigenvalue weighted by Gasteiger charge is 2.34. The minimum Gasteiger partial charge on any atom is -0.465 e. The fourth-order valence-electron chi connectivity index (χ4n) is 5.49. The van der Waals surface area contributed by atoms with Gasteiger partial charge in [0.15, 0.2) is 0 Å². The van der Waals surface area contributed by atoms with E-state index in [-0.39, 0.29) is 45.1 Å². The molecule has 0 aromatic carbocycles. The second-order valence-electron chi connectivity index (χ2n) is 22.3. The van der Waals surface area contributed by atoms with Crippen molar-refractivity contribution in [2.24, 2.45) is 9.98 Å². The van der Waals surface area contributed by atoms with Crippen LogP contribution < -0.4 is 10.6 Å². The van der Waals surface area contributed by atoms with Crippen LogP contribution >= 0.6 is 11.3 Å². The number of carbonyl (C=O) groups excluding carboxylic acids is 6. The summed E-state index contributed by atoms with van der Waals surface area (Å²) in [6.07, 6.45) is -5.66. The number of alkyl carbamates (subject to hydrolysis) is 2. The molecule has 0 spiro atoms. The zero-order chi connectivity index (χ0) is 55.6. The van der Waals surface area contributed by atoms with Crippen molar-refractivity contribution < 1.29 is 71.8 Å². The number of rotatable bonds is 14. The first-order valence-electron chi connectivity index (χ1n) is 23.5. The van der Waals surface area contributed by atoms with Gasteiger partial charge >= 0.3 is 42.7 Å². The highest BCUT2D eigenvalue weighted by atomic mass is 32.1. The number of nitrogens with zero attached hydrogens (tertiary/aromatic N) is 5. The largest absolute Gasteiger partial charge is 0.465 e. The van der Waals surface area contributed by atoms with Crippen molar-refractivity contribution in [2.45, 2.75) is 197 Å². The number of ether oxygens (including phenoxy) is 7. The maximum Gasteiger partial charge on any atom is 0.437 e. The molecule has 0 radical (unpaired) electrons. The van der Waals surface area contributed by atoms with E-state index < -0.39 is 88.2 Å². The highest BCUT2D eigenvalue weighted by molar-refractivity contribution is 7.10. The van der Waals surface area contributed by atoms with Crippen molar-refractivity contribution in [2.75, 3.05) is 26.2 Å². The third-order valence-electron chi connectivity index (χ3n) is 8.02. The Labute approximate surface area is 428 Å². The topological polar surface area (TPSA) is 287 Å². The lowest BCUT2D eigenvalue weighted by Gasteiger charge is -2.32. The molecule has 1 aromatic heterocycles. The number of thiophene rings is 1. The zero-order valence-corrected chi connectivity index (χ0v) is 46.3. The van der Waals surface area contributed by atoms with Gasteiger partial charge in [-0.15, -0.1) is 21.3 Å². The van der Waals surface area contributed by atoms with Crippen LogP contribution in [0.3, 0.4) is 0 Å². The fraction of sp³-hybridized carbons (Fsp3) is 0.708. The van der Waals surface area contributed by atoms with E-state index in [0.29, 0.717) is 36.1 Å². The van der Waals surface area contributed by atoms with Crippen molar-refractivity contribution >= 4 is 71.7 Å². The Morgan fingerprint density at radius 3 is 1.43 bits per heavy atom. The van der Waals surface area contributed by atoms with Crippen molar-refractivity contribution in [1.29, 1.82) is 5.41 Å². The average Bonchev–Trinajstić information content (AvgIpc) is 3.61. The van der Waals surface area contributed by atoms with Crippen LogP contribution in [-0.4, -0.2) is 140 Å². The molecule has 408 valence electrons. The summed E-state index contributed by atoms with van der Waals surface area (Å²) in [6, 6.07) is 1.64. The summed E-state index contributed by atoms with van der Waals surface area (Å²) in [7, 11) is 0. The molecule has 0 bridgehead atoms. The van der Waals surface area contributed by atoms with E-state index >= 15 is 0 Å². The molecule has 0 unspecified atom stereocenters. The number of unbranched alkanes of at least 4 members (excludes halogenated alkanes) is 4. The van der Waals surface area contributed by atoms with Crippen molar-refractivity contribution in [3.8, 4) is 0 Å². The van der Waals surface area contributed by atoms with Crippen LogP contribution in [0.2, 0.25) is 0 Å². The Morgan fingerprint density at radius 2 is 0.972 bits per heavy atom. The molecule has 72 heavy (non-hydrogen) atoms. The van der Waals surface area contributed by atoms with Gasteiger partial charge in [-0.05, 0) is 144 Å². The maximum absolute atomic E-state index is 13.9. The minimum absolute atomic E-state index is 0.00136. The molecular weight excluding hydrogens is 961 g/mol. The molecule has 0 saturated carbocycles. The Kier molecular flexibility index (Phi) is 24.1. The summed E-state index contributed by atoms with van der Waals surface area (Å²) < 4.78 is 38.5. The molecule has 1 aromatic rings. The number of nitrogens with one attached hydrogen (secondary N) is 3. The molecule has 4 N–H and O–H groups in total. The van der Waals surface area contributed by atoms with Crippen LogP contribution in [0.1, 0.15) is 167 Å². The summed E-state index contributed by atoms with van der Waals surface area (Å²) in [4.78, 5) is 103. The number of amides is 7. The number of hydrogen-bond acceptors (Lipinski definition) is 16. The van der Waals surface area contributed by atoms with Gasteiger partial charge in [0.1, 0.15) is 39.4 Å². The third kappa shape index (κ3) is 28.7. The quantitative estimate of drug-likeness (QED) is 0.0583. The van der Waals surface area contributed by atoms with Gasteiger partial charge in [-0.2, -0.15) is 0 Å². The number of guanidine groups is 2. The molecule has 24 heteroatoms. The van der Waals surface area contributed by atoms with Crippen LogP contribution in [0.15, 0.2) is 21.4 Å². The lowest BCUT2D eigenvalue weighted by Crippen LogP contribution is -2.52. The van der Waals surface area contributed by atoms with Gasteiger partial charge in [0.05, 0.1) is 19.8 Å². The summed E-state index contributed by atoms with van der Waals surface area (Å²) in [5.74, 6) is -1.25. The summed E-state index contributed by atoms with van der Waals surface area (Å²) in [6.45, 7) is 28.6. The Morgan fingerprint density at radius 1 is 0.556 bits per heavy atom. The van der Waals surface area contributed by atoms with Crippen LogP contribution in [0.4, 0.5) is 33.6 Å². The van der Waals surface area contributed by atoms with Crippen LogP contribution in [0, 0.1) is 5.41 Å². The van der Waals surface area contributed by atoms with Crippen molar-refractivity contribution in [3.05, 3.63) is 21.9 Å². The molecule has 0 fully saturated rings. The van der Waals surface area contributed by atoms with E-state index in [4.69, 9.17) is 38.6 Å². The molecule has 1 heterocycles. The molecule has 0 atom stereocenters. The van der Waals surface area contributed by atoms with Gasteiger partial charge in [-0.25, -0.2) is 48.3 Å². The third-order valence-corrected chi connectivity index (χ3v) is 8.93. The van der Waals surface area contributed by atoms with E-state index in [0.717, 1.165) is 14.7 Å². The Balaban J connectivity index is 3.38. The summed E-state index contributed by atoms with van der Waals surface area (Å²) >= 11 is 1.25. The predicted octanol–water partition coefficient (Wildman–Crippen LogP) is 10.6. The molecule has 1 rings (SSSR count). The van der Waals surface area contributed by atoms with Crippen molar-refractivity contribution in [3.63, 3.8) is 0 Å². The average molecular weight is 1040 g/mol. The first kappa shape index (κ1) is 64.0. The number of carbonyl (C=O) groups is 7. The van der Waals surface area contributed by atoms with Gasteiger partial charge in [0, 0.05) is 28.9 Å². The summed E-state index contributed by atoms with van der Waals surface area (Å²) in [5.41, 5.74) is -5.32. The Hall–Kier alpha value is -6.04. The normalized spacial score (nSPS) is 12.8. The number of hydrogen-bond donors (Lipinski definition) is 4.